The number of hydrogen-bond donors (Lipinski definition) is 0. The van der Waals surface area contributed by atoms with Gasteiger partial charge < -0.3 is 0 Å². The second-order valence-corrected chi connectivity index (χ2v) is 17.3. The van der Waals surface area contributed by atoms with Gasteiger partial charge in [-0.2, -0.15) is 0 Å². The van der Waals surface area contributed by atoms with Crippen molar-refractivity contribution in [3.8, 4) is 0 Å². The first-order valence-electron chi connectivity index (χ1n) is 14.6. The van der Waals surface area contributed by atoms with Gasteiger partial charge >= 0.3 is 0 Å². The van der Waals surface area contributed by atoms with Crippen LogP contribution in [0.25, 0.3) is 0 Å². The molecule has 0 unspecified atom stereocenters. The summed E-state index contributed by atoms with van der Waals surface area (Å²) in [7, 11) is 0. The second-order valence-electron chi connectivity index (χ2n) is 17.3. The molecule has 0 heterocycles. The van der Waals surface area contributed by atoms with Crippen LogP contribution in [0.5, 0.6) is 0 Å². The first-order chi connectivity index (χ1) is 17.4. The van der Waals surface area contributed by atoms with Crippen molar-refractivity contribution in [3.05, 3.63) is 46.6 Å². The van der Waals surface area contributed by atoms with E-state index in [2.05, 4.69) is 105 Å². The average Bonchev–Trinajstić information content (AvgIpc) is 2.66. The van der Waals surface area contributed by atoms with E-state index >= 15 is 0 Å². The molecule has 4 heteroatoms. The van der Waals surface area contributed by atoms with Gasteiger partial charge in [0.2, 0.25) is 11.6 Å². The van der Waals surface area contributed by atoms with Crippen LogP contribution in [0.15, 0.2) is 56.6 Å². The summed E-state index contributed by atoms with van der Waals surface area (Å²) in [6.45, 7) is 37.6. The summed E-state index contributed by atoms with van der Waals surface area (Å²) in [5.41, 5.74) is 4.43. The first kappa shape index (κ1) is 35.7. The Bertz CT molecular complexity index is 1090. The summed E-state index contributed by atoms with van der Waals surface area (Å²) in [5.74, 6) is 0.140. The zero-order valence-corrected chi connectivity index (χ0v) is 29.0. The Morgan fingerprint density at radius 1 is 0.400 bits per heavy atom. The van der Waals surface area contributed by atoms with E-state index in [9.17, 15) is 9.59 Å². The molecule has 4 nitrogen and oxygen atoms in total. The Balaban J connectivity index is 0.000000400. The van der Waals surface area contributed by atoms with E-state index in [0.29, 0.717) is 11.4 Å². The van der Waals surface area contributed by atoms with Gasteiger partial charge in [0.1, 0.15) is 11.4 Å². The van der Waals surface area contributed by atoms with Gasteiger partial charge in [-0.3, -0.25) is 19.6 Å². The standard InChI is InChI=1S/2C18H29NO/c2*1-16(2,3)12-10-13(17(4,5)6)15(20)14(11-12)19-18(7,8)9/h2*10-11H,1-9H3. The number of ketones is 2. The van der Waals surface area contributed by atoms with Crippen molar-refractivity contribution in [2.45, 2.75) is 136 Å². The lowest BCUT2D eigenvalue weighted by Crippen LogP contribution is -2.30. The molecule has 0 atom stereocenters. The third-order valence-corrected chi connectivity index (χ3v) is 6.40. The van der Waals surface area contributed by atoms with E-state index in [1.54, 1.807) is 0 Å². The lowest BCUT2D eigenvalue weighted by molar-refractivity contribution is -0.111. The Kier molecular flexibility index (Phi) is 10.2. The molecule has 0 bridgehead atoms. The molecule has 0 saturated carbocycles. The maximum atomic E-state index is 12.7. The van der Waals surface area contributed by atoms with Crippen LogP contribution < -0.4 is 0 Å². The number of aliphatic imine (C=N–C) groups is 2. The van der Waals surface area contributed by atoms with Gasteiger partial charge in [0.25, 0.3) is 0 Å². The minimum atomic E-state index is -0.245. The molecule has 0 fully saturated rings. The molecule has 0 N–H and O–H groups in total. The minimum absolute atomic E-state index is 0.00978. The normalized spacial score (nSPS) is 20.1. The Morgan fingerprint density at radius 3 is 0.825 bits per heavy atom. The summed E-state index contributed by atoms with van der Waals surface area (Å²) < 4.78 is 0. The molecule has 2 rings (SSSR count). The van der Waals surface area contributed by atoms with Crippen LogP contribution in [0.3, 0.4) is 0 Å². The fourth-order valence-electron chi connectivity index (χ4n) is 4.10. The van der Waals surface area contributed by atoms with Gasteiger partial charge in [0.15, 0.2) is 0 Å². The van der Waals surface area contributed by atoms with Crippen molar-refractivity contribution in [2.75, 3.05) is 0 Å². The van der Waals surface area contributed by atoms with E-state index in [0.717, 1.165) is 11.1 Å². The van der Waals surface area contributed by atoms with Crippen molar-refractivity contribution in [3.63, 3.8) is 0 Å². The largest absolute Gasteiger partial charge is 0.287 e. The summed E-state index contributed by atoms with van der Waals surface area (Å²) in [4.78, 5) is 34.6. The predicted octanol–water partition coefficient (Wildman–Crippen LogP) is 9.51. The number of carbonyl (C=O) groups is 2. The molecular formula is C36H58N2O2. The molecule has 0 radical (unpaired) electrons. The third kappa shape index (κ3) is 10.6. The number of hydrogen-bond acceptors (Lipinski definition) is 4. The predicted molar refractivity (Wildman–Crippen MR) is 175 cm³/mol. The third-order valence-electron chi connectivity index (χ3n) is 6.40. The van der Waals surface area contributed by atoms with Crippen molar-refractivity contribution in [2.24, 2.45) is 31.6 Å². The zero-order valence-electron chi connectivity index (χ0n) is 29.0. The van der Waals surface area contributed by atoms with Gasteiger partial charge in [0, 0.05) is 11.1 Å². The van der Waals surface area contributed by atoms with Gasteiger partial charge in [-0.1, -0.05) is 95.2 Å². The lowest BCUT2D eigenvalue weighted by Gasteiger charge is -2.30. The highest BCUT2D eigenvalue weighted by atomic mass is 16.1. The second kappa shape index (κ2) is 11.5. The zero-order chi connectivity index (χ0) is 31.9. The Morgan fingerprint density at radius 2 is 0.650 bits per heavy atom. The van der Waals surface area contributed by atoms with Crippen molar-refractivity contribution in [1.82, 2.24) is 0 Å². The molecule has 0 aromatic carbocycles. The van der Waals surface area contributed by atoms with E-state index in [1.807, 2.05) is 53.7 Å². The first-order valence-corrected chi connectivity index (χ1v) is 14.6. The number of rotatable bonds is 0. The van der Waals surface area contributed by atoms with Crippen LogP contribution in [-0.2, 0) is 9.59 Å². The topological polar surface area (TPSA) is 58.9 Å². The van der Waals surface area contributed by atoms with Gasteiger partial charge in [-0.05, 0) is 86.5 Å². The van der Waals surface area contributed by atoms with Crippen LogP contribution in [0.2, 0.25) is 0 Å². The smallest absolute Gasteiger partial charge is 0.207 e. The molecule has 0 aromatic rings. The van der Waals surface area contributed by atoms with Crippen LogP contribution >= 0.6 is 0 Å². The highest BCUT2D eigenvalue weighted by Crippen LogP contribution is 2.38. The van der Waals surface area contributed by atoms with Crippen LogP contribution in [0.1, 0.15) is 125 Å². The monoisotopic (exact) mass is 550 g/mol. The summed E-state index contributed by atoms with van der Waals surface area (Å²) in [6.07, 6.45) is 8.04. The molecule has 224 valence electrons. The minimum Gasteiger partial charge on any atom is -0.287 e. The molecule has 0 aliphatic heterocycles. The summed E-state index contributed by atoms with van der Waals surface area (Å²) in [6, 6.07) is 0. The van der Waals surface area contributed by atoms with Gasteiger partial charge in [0.05, 0.1) is 11.1 Å². The highest BCUT2D eigenvalue weighted by molar-refractivity contribution is 6.51. The number of Topliss-reactive ketones (excluding diaryl/α,β-unsaturated/α-hetero) is 2. The maximum absolute atomic E-state index is 12.7. The summed E-state index contributed by atoms with van der Waals surface area (Å²) in [5, 5.41) is 0. The van der Waals surface area contributed by atoms with Crippen molar-refractivity contribution in [1.29, 1.82) is 0 Å². The van der Waals surface area contributed by atoms with Crippen LogP contribution in [-0.4, -0.2) is 34.1 Å². The fourth-order valence-corrected chi connectivity index (χ4v) is 4.10. The van der Waals surface area contributed by atoms with Gasteiger partial charge in [-0.25, -0.2) is 0 Å². The molecule has 2 aliphatic carbocycles. The van der Waals surface area contributed by atoms with E-state index in [-0.39, 0.29) is 44.3 Å². The molecule has 0 saturated heterocycles. The van der Waals surface area contributed by atoms with E-state index < -0.39 is 0 Å². The average molecular weight is 551 g/mol. The number of carbonyl (C=O) groups excluding carboxylic acids is 2. The lowest BCUT2D eigenvalue weighted by atomic mass is 9.74. The van der Waals surface area contributed by atoms with E-state index in [1.165, 1.54) is 11.1 Å². The molecular weight excluding hydrogens is 492 g/mol. The Hall–Kier alpha value is -2.36. The van der Waals surface area contributed by atoms with Crippen LogP contribution in [0.4, 0.5) is 0 Å². The SMILES string of the molecule is CC(C)(C)N=C1C=C(C(C)(C)C)C=C(C(C)(C)C)C1=O.CC(C)(C)N=C1C=C(C(C)(C)C)C=C(C(C)(C)C)C1=O. The van der Waals surface area contributed by atoms with E-state index in [4.69, 9.17) is 0 Å². The number of nitrogens with zero attached hydrogens (tertiary/aromatic N) is 2. The molecule has 40 heavy (non-hydrogen) atoms. The molecule has 0 amide bonds. The molecule has 2 aliphatic rings. The highest BCUT2D eigenvalue weighted by Gasteiger charge is 2.34. The Labute approximate surface area is 246 Å². The van der Waals surface area contributed by atoms with Crippen molar-refractivity contribution < 1.29 is 9.59 Å². The van der Waals surface area contributed by atoms with Crippen LogP contribution in [0, 0.1) is 21.7 Å². The quantitative estimate of drug-likeness (QED) is 0.282. The maximum Gasteiger partial charge on any atom is 0.207 e. The molecule has 0 spiro atoms. The summed E-state index contributed by atoms with van der Waals surface area (Å²) >= 11 is 0. The molecule has 0 aromatic heterocycles. The van der Waals surface area contributed by atoms with Gasteiger partial charge in [-0.15, -0.1) is 0 Å². The van der Waals surface area contributed by atoms with Crippen molar-refractivity contribution >= 4 is 23.0 Å². The fraction of sp³-hybridized carbons (Fsp3) is 0.667. The number of allylic oxidation sites excluding steroid dienone is 8.